The Morgan fingerprint density at radius 3 is 2.81 bits per heavy atom. The number of nitrogen functional groups attached to an aromatic ring is 1. The van der Waals surface area contributed by atoms with Crippen LogP contribution in [-0.4, -0.2) is 18.0 Å². The van der Waals surface area contributed by atoms with E-state index in [-0.39, 0.29) is 0 Å². The smallest absolute Gasteiger partial charge is 0.0410 e. The van der Waals surface area contributed by atoms with Crippen molar-refractivity contribution in [2.24, 2.45) is 5.41 Å². The first-order chi connectivity index (χ1) is 7.46. The maximum atomic E-state index is 5.98. The van der Waals surface area contributed by atoms with Gasteiger partial charge >= 0.3 is 0 Å². The summed E-state index contributed by atoms with van der Waals surface area (Å²) in [6.07, 6.45) is 1.26. The quantitative estimate of drug-likeness (QED) is 0.802. The average Bonchev–Trinajstić information content (AvgIpc) is 2.52. The van der Waals surface area contributed by atoms with Crippen molar-refractivity contribution in [3.8, 4) is 0 Å². The third-order valence-corrected chi connectivity index (χ3v) is 3.49. The second-order valence-corrected chi connectivity index (χ2v) is 5.90. The fourth-order valence-electron chi connectivity index (χ4n) is 2.31. The van der Waals surface area contributed by atoms with E-state index in [1.807, 2.05) is 18.2 Å². The first-order valence-electron chi connectivity index (χ1n) is 5.73. The molecule has 2 rings (SSSR count). The zero-order valence-corrected chi connectivity index (χ0v) is 10.7. The van der Waals surface area contributed by atoms with Gasteiger partial charge < -0.3 is 5.73 Å². The van der Waals surface area contributed by atoms with Gasteiger partial charge in [-0.2, -0.15) is 0 Å². The molecule has 0 atom stereocenters. The van der Waals surface area contributed by atoms with E-state index in [4.69, 9.17) is 17.3 Å². The maximum absolute atomic E-state index is 5.98. The molecule has 0 amide bonds. The van der Waals surface area contributed by atoms with Crippen molar-refractivity contribution < 1.29 is 0 Å². The lowest BCUT2D eigenvalue weighted by molar-refractivity contribution is 0.285. The number of halogens is 1. The van der Waals surface area contributed by atoms with Crippen LogP contribution in [0.3, 0.4) is 0 Å². The molecule has 0 aromatic heterocycles. The number of rotatable bonds is 2. The molecule has 1 aliphatic rings. The lowest BCUT2D eigenvalue weighted by atomic mass is 9.93. The van der Waals surface area contributed by atoms with Gasteiger partial charge in [-0.25, -0.2) is 0 Å². The van der Waals surface area contributed by atoms with Crippen LogP contribution >= 0.6 is 11.6 Å². The molecular formula is C13H19ClN2. The molecule has 2 nitrogen and oxygen atoms in total. The summed E-state index contributed by atoms with van der Waals surface area (Å²) in [4.78, 5) is 2.45. The summed E-state index contributed by atoms with van der Waals surface area (Å²) in [5, 5.41) is 0.766. The topological polar surface area (TPSA) is 29.3 Å². The molecule has 0 saturated carbocycles. The van der Waals surface area contributed by atoms with Gasteiger partial charge in [-0.3, -0.25) is 4.90 Å². The SMILES string of the molecule is CC1(C)CCN(Cc2cc(Cl)ccc2N)C1. The first-order valence-corrected chi connectivity index (χ1v) is 6.10. The highest BCUT2D eigenvalue weighted by Crippen LogP contribution is 2.30. The Morgan fingerprint density at radius 1 is 1.44 bits per heavy atom. The number of hydrogen-bond acceptors (Lipinski definition) is 2. The Balaban J connectivity index is 2.07. The van der Waals surface area contributed by atoms with Crippen LogP contribution in [0.15, 0.2) is 18.2 Å². The van der Waals surface area contributed by atoms with Gasteiger partial charge in [0.05, 0.1) is 0 Å². The second kappa shape index (κ2) is 4.27. The summed E-state index contributed by atoms with van der Waals surface area (Å²) in [5.74, 6) is 0. The second-order valence-electron chi connectivity index (χ2n) is 5.47. The van der Waals surface area contributed by atoms with Crippen molar-refractivity contribution in [2.75, 3.05) is 18.8 Å². The van der Waals surface area contributed by atoms with Crippen molar-refractivity contribution in [3.05, 3.63) is 28.8 Å². The van der Waals surface area contributed by atoms with Gasteiger partial charge in [0.25, 0.3) is 0 Å². The molecule has 1 fully saturated rings. The molecule has 0 bridgehead atoms. The van der Waals surface area contributed by atoms with Crippen LogP contribution in [0.5, 0.6) is 0 Å². The van der Waals surface area contributed by atoms with Crippen molar-refractivity contribution in [1.29, 1.82) is 0 Å². The zero-order chi connectivity index (χ0) is 11.8. The summed E-state index contributed by atoms with van der Waals surface area (Å²) in [6.45, 7) is 7.83. The molecule has 1 saturated heterocycles. The molecule has 1 aromatic rings. The Bertz CT molecular complexity index is 388. The fourth-order valence-corrected chi connectivity index (χ4v) is 2.51. The monoisotopic (exact) mass is 238 g/mol. The van der Waals surface area contributed by atoms with E-state index in [1.165, 1.54) is 6.42 Å². The lowest BCUT2D eigenvalue weighted by Crippen LogP contribution is -2.23. The van der Waals surface area contributed by atoms with Crippen molar-refractivity contribution >= 4 is 17.3 Å². The number of likely N-dealkylation sites (tertiary alicyclic amines) is 1. The van der Waals surface area contributed by atoms with E-state index < -0.39 is 0 Å². The van der Waals surface area contributed by atoms with Crippen LogP contribution in [0.2, 0.25) is 5.02 Å². The Kier molecular flexibility index (Phi) is 3.13. The maximum Gasteiger partial charge on any atom is 0.0410 e. The molecule has 1 aliphatic heterocycles. The van der Waals surface area contributed by atoms with E-state index in [9.17, 15) is 0 Å². The Hall–Kier alpha value is -0.730. The molecule has 0 radical (unpaired) electrons. The van der Waals surface area contributed by atoms with E-state index in [0.717, 1.165) is 35.9 Å². The van der Waals surface area contributed by atoms with Gasteiger partial charge in [0.2, 0.25) is 0 Å². The minimum Gasteiger partial charge on any atom is -0.398 e. The highest BCUT2D eigenvalue weighted by atomic mass is 35.5. The van der Waals surface area contributed by atoms with Gasteiger partial charge in [0, 0.05) is 23.8 Å². The van der Waals surface area contributed by atoms with Gasteiger partial charge in [0.1, 0.15) is 0 Å². The van der Waals surface area contributed by atoms with Crippen molar-refractivity contribution in [3.63, 3.8) is 0 Å². The highest BCUT2D eigenvalue weighted by molar-refractivity contribution is 6.30. The largest absolute Gasteiger partial charge is 0.398 e. The summed E-state index contributed by atoms with van der Waals surface area (Å²) in [5.41, 5.74) is 8.37. The van der Waals surface area contributed by atoms with Crippen molar-refractivity contribution in [1.82, 2.24) is 4.90 Å². The van der Waals surface area contributed by atoms with Gasteiger partial charge in [-0.15, -0.1) is 0 Å². The van der Waals surface area contributed by atoms with E-state index in [1.54, 1.807) is 0 Å². The molecule has 3 heteroatoms. The van der Waals surface area contributed by atoms with E-state index >= 15 is 0 Å². The molecule has 0 spiro atoms. The molecule has 0 unspecified atom stereocenters. The average molecular weight is 239 g/mol. The third kappa shape index (κ3) is 2.69. The Labute approximate surface area is 102 Å². The first kappa shape index (κ1) is 11.7. The van der Waals surface area contributed by atoms with Crippen molar-refractivity contribution in [2.45, 2.75) is 26.8 Å². The predicted octanol–water partition coefficient (Wildman–Crippen LogP) is 3.15. The predicted molar refractivity (Wildman–Crippen MR) is 69.5 cm³/mol. The number of nitrogens with zero attached hydrogens (tertiary/aromatic N) is 1. The molecular weight excluding hydrogens is 220 g/mol. The molecule has 1 aromatic carbocycles. The normalized spacial score (nSPS) is 20.2. The number of nitrogens with two attached hydrogens (primary N) is 1. The summed E-state index contributed by atoms with van der Waals surface area (Å²) >= 11 is 5.98. The molecule has 16 heavy (non-hydrogen) atoms. The van der Waals surface area contributed by atoms with Crippen LogP contribution in [0.1, 0.15) is 25.8 Å². The lowest BCUT2D eigenvalue weighted by Gasteiger charge is -2.20. The van der Waals surface area contributed by atoms with Crippen LogP contribution < -0.4 is 5.73 Å². The minimum absolute atomic E-state index is 0.438. The van der Waals surface area contributed by atoms with Crippen LogP contribution in [0.25, 0.3) is 0 Å². The summed E-state index contributed by atoms with van der Waals surface area (Å²) in [7, 11) is 0. The zero-order valence-electron chi connectivity index (χ0n) is 9.96. The molecule has 1 heterocycles. The molecule has 2 N–H and O–H groups in total. The van der Waals surface area contributed by atoms with Gasteiger partial charge in [0.15, 0.2) is 0 Å². The number of benzene rings is 1. The van der Waals surface area contributed by atoms with Crippen LogP contribution in [-0.2, 0) is 6.54 Å². The van der Waals surface area contributed by atoms with Crippen LogP contribution in [0, 0.1) is 5.41 Å². The highest BCUT2D eigenvalue weighted by Gasteiger charge is 2.29. The number of anilines is 1. The van der Waals surface area contributed by atoms with Gasteiger partial charge in [-0.1, -0.05) is 25.4 Å². The van der Waals surface area contributed by atoms with E-state index in [0.29, 0.717) is 5.41 Å². The number of hydrogen-bond donors (Lipinski definition) is 1. The Morgan fingerprint density at radius 2 is 2.19 bits per heavy atom. The standard InChI is InChI=1S/C13H19ClN2/c1-13(2)5-6-16(9-13)8-10-7-11(14)3-4-12(10)15/h3-4,7H,5-6,8-9,15H2,1-2H3. The third-order valence-electron chi connectivity index (χ3n) is 3.26. The summed E-state index contributed by atoms with van der Waals surface area (Å²) < 4.78 is 0. The minimum atomic E-state index is 0.438. The van der Waals surface area contributed by atoms with Gasteiger partial charge in [-0.05, 0) is 42.1 Å². The van der Waals surface area contributed by atoms with Crippen LogP contribution in [0.4, 0.5) is 5.69 Å². The molecule has 88 valence electrons. The summed E-state index contributed by atoms with van der Waals surface area (Å²) in [6, 6.07) is 5.70. The molecule has 0 aliphatic carbocycles. The fraction of sp³-hybridized carbons (Fsp3) is 0.538. The van der Waals surface area contributed by atoms with E-state index in [2.05, 4.69) is 18.7 Å².